The minimum Gasteiger partial charge on any atom is -0.477 e. The van der Waals surface area contributed by atoms with E-state index in [2.05, 4.69) is 20.5 Å². The third-order valence-electron chi connectivity index (χ3n) is 4.64. The first-order chi connectivity index (χ1) is 15.3. The SMILES string of the molecule is Cc1nnc(SCC2=C(C(=O)O)N3C(=O)C(NC(=O)C(O)S(=O)C4=NCSC4)[C@@H]3SC2)s1. The van der Waals surface area contributed by atoms with Gasteiger partial charge in [-0.05, 0) is 12.5 Å². The molecule has 1 aromatic heterocycles. The molecule has 1 saturated heterocycles. The van der Waals surface area contributed by atoms with Gasteiger partial charge in [-0.1, -0.05) is 23.1 Å². The molecule has 0 saturated carbocycles. The number of aliphatic carboxylic acids is 1. The van der Waals surface area contributed by atoms with Crippen LogP contribution in [0, 0.1) is 6.92 Å². The van der Waals surface area contributed by atoms with Gasteiger partial charge in [0.1, 0.15) is 38.0 Å². The monoisotopic (exact) mass is 535 g/mol. The summed E-state index contributed by atoms with van der Waals surface area (Å²) in [6.45, 7) is 1.82. The lowest BCUT2D eigenvalue weighted by Crippen LogP contribution is -2.71. The van der Waals surface area contributed by atoms with E-state index < -0.39 is 45.4 Å². The van der Waals surface area contributed by atoms with Gasteiger partial charge in [0.05, 0.1) is 5.88 Å². The molecule has 32 heavy (non-hydrogen) atoms. The number of carboxylic acids is 1. The van der Waals surface area contributed by atoms with Crippen molar-refractivity contribution in [3.8, 4) is 0 Å². The van der Waals surface area contributed by atoms with Crippen LogP contribution in [0.2, 0.25) is 0 Å². The number of hydrogen-bond donors (Lipinski definition) is 3. The van der Waals surface area contributed by atoms with E-state index in [0.717, 1.165) is 9.91 Å². The molecule has 3 unspecified atom stereocenters. The molecule has 0 radical (unpaired) electrons. The zero-order valence-electron chi connectivity index (χ0n) is 16.4. The Kier molecular flexibility index (Phi) is 7.26. The summed E-state index contributed by atoms with van der Waals surface area (Å²) in [6, 6.07) is -1.01. The van der Waals surface area contributed by atoms with Crippen molar-refractivity contribution in [2.45, 2.75) is 28.1 Å². The molecule has 1 fully saturated rings. The molecule has 4 rings (SSSR count). The lowest BCUT2D eigenvalue weighted by Gasteiger charge is -2.49. The van der Waals surface area contributed by atoms with Crippen molar-refractivity contribution in [3.05, 3.63) is 16.3 Å². The Morgan fingerprint density at radius 1 is 1.38 bits per heavy atom. The number of hydrogen-bond acceptors (Lipinski definition) is 12. The molecule has 0 spiro atoms. The van der Waals surface area contributed by atoms with E-state index >= 15 is 0 Å². The number of amides is 2. The Bertz CT molecular complexity index is 1060. The van der Waals surface area contributed by atoms with Crippen LogP contribution in [0.25, 0.3) is 0 Å². The van der Waals surface area contributed by atoms with E-state index in [9.17, 15) is 28.8 Å². The first-order valence-corrected chi connectivity index (χ1v) is 14.3. The maximum Gasteiger partial charge on any atom is 0.352 e. The fourth-order valence-corrected chi connectivity index (χ4v) is 8.56. The standard InChI is InChI=1S/C16H17N5O6S5/c1-6-19-20-16(31-6)30-3-7-2-29-13-9(12(23)21(13)10(7)14(24)25)18-11(22)15(26)32(27)8-4-28-5-17-8/h9,13,15,26H,2-5H2,1H3,(H,18,22)(H,24,25)/t9?,13-,15?,32?/m0/s1. The number of fused-ring (bicyclic) bond motifs is 1. The molecule has 0 aliphatic carbocycles. The number of aliphatic imine (C=N–C) groups is 1. The summed E-state index contributed by atoms with van der Waals surface area (Å²) in [5.74, 6) is -1.27. The molecule has 4 atom stereocenters. The van der Waals surface area contributed by atoms with Crippen molar-refractivity contribution in [3.63, 3.8) is 0 Å². The molecule has 4 heterocycles. The summed E-state index contributed by atoms with van der Waals surface area (Å²) in [5, 5.41) is 30.6. The average Bonchev–Trinajstić information content (AvgIpc) is 3.45. The number of carbonyl (C=O) groups excluding carboxylic acids is 2. The van der Waals surface area contributed by atoms with Crippen LogP contribution in [-0.2, 0) is 25.2 Å². The number of carbonyl (C=O) groups is 3. The van der Waals surface area contributed by atoms with Crippen LogP contribution in [0.3, 0.4) is 0 Å². The molecule has 3 N–H and O–H groups in total. The largest absolute Gasteiger partial charge is 0.477 e. The van der Waals surface area contributed by atoms with E-state index in [1.54, 1.807) is 0 Å². The Hall–Kier alpha value is -1.46. The summed E-state index contributed by atoms with van der Waals surface area (Å²) in [6.07, 6.45) is 0. The minimum atomic E-state index is -2.00. The summed E-state index contributed by atoms with van der Waals surface area (Å²) in [4.78, 5) is 42.1. The molecular weight excluding hydrogens is 519 g/mol. The zero-order valence-corrected chi connectivity index (χ0v) is 20.5. The number of carboxylic acid groups (broad SMARTS) is 1. The van der Waals surface area contributed by atoms with Crippen LogP contribution >= 0.6 is 46.6 Å². The Morgan fingerprint density at radius 3 is 2.78 bits per heavy atom. The van der Waals surface area contributed by atoms with Gasteiger partial charge >= 0.3 is 5.97 Å². The molecule has 3 aliphatic rings. The maximum absolute atomic E-state index is 12.7. The molecule has 3 aliphatic heterocycles. The second kappa shape index (κ2) is 9.80. The number of nitrogens with zero attached hydrogens (tertiary/aromatic N) is 4. The smallest absolute Gasteiger partial charge is 0.352 e. The molecule has 0 bridgehead atoms. The second-order valence-corrected chi connectivity index (χ2v) is 12.7. The molecule has 1 aromatic rings. The highest BCUT2D eigenvalue weighted by Crippen LogP contribution is 2.41. The highest BCUT2D eigenvalue weighted by atomic mass is 32.2. The first-order valence-electron chi connectivity index (χ1n) is 9.11. The minimum absolute atomic E-state index is 0.0977. The number of aryl methyl sites for hydroxylation is 1. The van der Waals surface area contributed by atoms with Crippen LogP contribution in [0.4, 0.5) is 0 Å². The highest BCUT2D eigenvalue weighted by Gasteiger charge is 2.54. The van der Waals surface area contributed by atoms with E-state index in [-0.39, 0.29) is 10.7 Å². The third-order valence-corrected chi connectivity index (χ3v) is 10.4. The van der Waals surface area contributed by atoms with Crippen LogP contribution in [0.15, 0.2) is 20.6 Å². The number of aromatic nitrogens is 2. The van der Waals surface area contributed by atoms with Crippen LogP contribution in [0.5, 0.6) is 0 Å². The number of aliphatic hydroxyl groups is 1. The fraction of sp³-hybridized carbons (Fsp3) is 0.500. The number of β-lactam (4-membered cyclic amide) rings is 1. The Balaban J connectivity index is 1.43. The molecule has 2 amide bonds. The number of thioether (sulfide) groups is 3. The quantitative estimate of drug-likeness (QED) is 0.314. The molecule has 11 nitrogen and oxygen atoms in total. The number of aliphatic hydroxyl groups excluding tert-OH is 1. The Labute approximate surface area is 201 Å². The van der Waals surface area contributed by atoms with Crippen molar-refractivity contribution in [1.82, 2.24) is 20.4 Å². The van der Waals surface area contributed by atoms with E-state index in [1.807, 2.05) is 6.92 Å². The predicted octanol–water partition coefficient (Wildman–Crippen LogP) is -0.153. The Morgan fingerprint density at radius 2 is 2.16 bits per heavy atom. The highest BCUT2D eigenvalue weighted by molar-refractivity contribution is 8.07. The van der Waals surface area contributed by atoms with Crippen LogP contribution in [0.1, 0.15) is 5.01 Å². The van der Waals surface area contributed by atoms with Crippen molar-refractivity contribution in [1.29, 1.82) is 0 Å². The molecule has 16 heteroatoms. The van der Waals surface area contributed by atoms with Gasteiger partial charge in [0.25, 0.3) is 11.8 Å². The van der Waals surface area contributed by atoms with Crippen molar-refractivity contribution >= 4 is 80.2 Å². The molecular formula is C16H17N5O6S5. The van der Waals surface area contributed by atoms with Crippen molar-refractivity contribution in [2.75, 3.05) is 23.1 Å². The summed E-state index contributed by atoms with van der Waals surface area (Å²) in [5.41, 5.74) is -1.37. The lowest BCUT2D eigenvalue weighted by atomic mass is 10.0. The predicted molar refractivity (Wildman–Crippen MR) is 124 cm³/mol. The third kappa shape index (κ3) is 4.61. The van der Waals surface area contributed by atoms with Gasteiger partial charge in [-0.2, -0.15) is 0 Å². The van der Waals surface area contributed by atoms with Crippen molar-refractivity contribution in [2.24, 2.45) is 4.99 Å². The van der Waals surface area contributed by atoms with Crippen LogP contribution < -0.4 is 5.32 Å². The second-order valence-electron chi connectivity index (χ2n) is 6.71. The lowest BCUT2D eigenvalue weighted by molar-refractivity contribution is -0.151. The van der Waals surface area contributed by atoms with Gasteiger partial charge in [0, 0.05) is 17.3 Å². The van der Waals surface area contributed by atoms with E-state index in [4.69, 9.17) is 0 Å². The maximum atomic E-state index is 12.7. The normalized spacial score (nSPS) is 24.5. The fourth-order valence-electron chi connectivity index (χ4n) is 3.15. The summed E-state index contributed by atoms with van der Waals surface area (Å²) in [7, 11) is -2.00. The average molecular weight is 536 g/mol. The van der Waals surface area contributed by atoms with Gasteiger partial charge in [-0.25, -0.2) is 9.00 Å². The topological polar surface area (TPSA) is 162 Å². The molecule has 172 valence electrons. The van der Waals surface area contributed by atoms with Gasteiger partial charge in [-0.15, -0.1) is 33.7 Å². The summed E-state index contributed by atoms with van der Waals surface area (Å²) >= 11 is 5.49. The van der Waals surface area contributed by atoms with Gasteiger partial charge in [0.15, 0.2) is 4.34 Å². The summed E-state index contributed by atoms with van der Waals surface area (Å²) < 4.78 is 13.0. The number of nitrogens with one attached hydrogen (secondary N) is 1. The number of rotatable bonds is 7. The van der Waals surface area contributed by atoms with Gasteiger partial charge in [-0.3, -0.25) is 19.5 Å². The van der Waals surface area contributed by atoms with E-state index in [1.165, 1.54) is 46.6 Å². The van der Waals surface area contributed by atoms with Crippen LogP contribution in [-0.4, -0.2) is 92.3 Å². The van der Waals surface area contributed by atoms with Crippen molar-refractivity contribution < 1.29 is 28.8 Å². The molecule has 0 aromatic carbocycles. The van der Waals surface area contributed by atoms with Gasteiger partial charge < -0.3 is 15.5 Å². The zero-order chi connectivity index (χ0) is 23.0. The van der Waals surface area contributed by atoms with E-state index in [0.29, 0.717) is 33.0 Å². The van der Waals surface area contributed by atoms with Gasteiger partial charge in [0.2, 0.25) is 5.44 Å². The first kappa shape index (κ1) is 23.7.